The standard InChI is InChI=1S/C13H21BrN2O2S/c1-9(13(2,3)4)16(5)19(17,18)10-6-7-12(15)11(14)8-10/h6-9H,15H2,1-5H3. The maximum absolute atomic E-state index is 12.5. The highest BCUT2D eigenvalue weighted by Gasteiger charge is 2.32. The van der Waals surface area contributed by atoms with E-state index in [-0.39, 0.29) is 16.4 Å². The van der Waals surface area contributed by atoms with Gasteiger partial charge in [-0.3, -0.25) is 0 Å². The zero-order chi connectivity index (χ0) is 15.0. The monoisotopic (exact) mass is 348 g/mol. The highest BCUT2D eigenvalue weighted by atomic mass is 79.9. The van der Waals surface area contributed by atoms with Gasteiger partial charge in [-0.1, -0.05) is 20.8 Å². The van der Waals surface area contributed by atoms with Crippen LogP contribution >= 0.6 is 15.9 Å². The van der Waals surface area contributed by atoms with E-state index in [9.17, 15) is 8.42 Å². The fourth-order valence-electron chi connectivity index (χ4n) is 1.59. The van der Waals surface area contributed by atoms with E-state index in [4.69, 9.17) is 5.73 Å². The molecule has 0 saturated carbocycles. The van der Waals surface area contributed by atoms with Crippen LogP contribution in [-0.4, -0.2) is 25.8 Å². The zero-order valence-electron chi connectivity index (χ0n) is 11.9. The molecule has 0 radical (unpaired) electrons. The van der Waals surface area contributed by atoms with Crippen LogP contribution in [0.5, 0.6) is 0 Å². The molecule has 1 rings (SSSR count). The summed E-state index contributed by atoms with van der Waals surface area (Å²) in [6, 6.07) is 4.54. The van der Waals surface area contributed by atoms with Crippen LogP contribution in [0.25, 0.3) is 0 Å². The van der Waals surface area contributed by atoms with Gasteiger partial charge in [-0.15, -0.1) is 0 Å². The van der Waals surface area contributed by atoms with Crippen molar-refractivity contribution in [1.82, 2.24) is 4.31 Å². The summed E-state index contributed by atoms with van der Waals surface area (Å²) in [6.45, 7) is 7.96. The van der Waals surface area contributed by atoms with Crippen molar-refractivity contribution in [2.45, 2.75) is 38.6 Å². The molecule has 2 N–H and O–H groups in total. The van der Waals surface area contributed by atoms with Crippen molar-refractivity contribution in [2.75, 3.05) is 12.8 Å². The van der Waals surface area contributed by atoms with E-state index >= 15 is 0 Å². The molecule has 4 nitrogen and oxygen atoms in total. The molecule has 19 heavy (non-hydrogen) atoms. The quantitative estimate of drug-likeness (QED) is 0.853. The SMILES string of the molecule is CC(N(C)S(=O)(=O)c1ccc(N)c(Br)c1)C(C)(C)C. The van der Waals surface area contributed by atoms with Gasteiger partial charge in [-0.25, -0.2) is 8.42 Å². The molecular formula is C13H21BrN2O2S. The van der Waals surface area contributed by atoms with Crippen LogP contribution < -0.4 is 5.73 Å². The average Bonchev–Trinajstić information content (AvgIpc) is 2.29. The summed E-state index contributed by atoms with van der Waals surface area (Å²) in [5, 5.41) is 0. The van der Waals surface area contributed by atoms with Crippen LogP contribution in [0.2, 0.25) is 0 Å². The van der Waals surface area contributed by atoms with Gasteiger partial charge in [0.2, 0.25) is 10.0 Å². The highest BCUT2D eigenvalue weighted by Crippen LogP contribution is 2.29. The van der Waals surface area contributed by atoms with E-state index in [1.54, 1.807) is 13.1 Å². The molecule has 0 aromatic heterocycles. The Labute approximate surface area is 124 Å². The summed E-state index contributed by atoms with van der Waals surface area (Å²) in [5.74, 6) is 0. The van der Waals surface area contributed by atoms with Crippen molar-refractivity contribution < 1.29 is 8.42 Å². The van der Waals surface area contributed by atoms with Gasteiger partial charge >= 0.3 is 0 Å². The van der Waals surface area contributed by atoms with Crippen molar-refractivity contribution in [2.24, 2.45) is 5.41 Å². The summed E-state index contributed by atoms with van der Waals surface area (Å²) in [6.07, 6.45) is 0. The van der Waals surface area contributed by atoms with Gasteiger partial charge in [0, 0.05) is 23.2 Å². The van der Waals surface area contributed by atoms with Crippen LogP contribution in [0, 0.1) is 5.41 Å². The van der Waals surface area contributed by atoms with E-state index in [0.717, 1.165) is 0 Å². The van der Waals surface area contributed by atoms with Crippen LogP contribution in [0.4, 0.5) is 5.69 Å². The molecular weight excluding hydrogens is 328 g/mol. The Kier molecular flexibility index (Phi) is 4.70. The second kappa shape index (κ2) is 5.42. The first-order chi connectivity index (χ1) is 8.48. The third-order valence-corrected chi connectivity index (χ3v) is 6.06. The van der Waals surface area contributed by atoms with E-state index in [2.05, 4.69) is 15.9 Å². The second-order valence-electron chi connectivity index (χ2n) is 5.75. The van der Waals surface area contributed by atoms with Crippen LogP contribution in [-0.2, 0) is 10.0 Å². The lowest BCUT2D eigenvalue weighted by Gasteiger charge is -2.34. The van der Waals surface area contributed by atoms with Crippen molar-refractivity contribution >= 4 is 31.6 Å². The average molecular weight is 349 g/mol. The van der Waals surface area contributed by atoms with Gasteiger partial charge in [0.25, 0.3) is 0 Å². The Morgan fingerprint density at radius 1 is 1.32 bits per heavy atom. The van der Waals surface area contributed by atoms with Crippen molar-refractivity contribution in [3.8, 4) is 0 Å². The minimum absolute atomic E-state index is 0.117. The number of hydrogen-bond acceptors (Lipinski definition) is 3. The summed E-state index contributed by atoms with van der Waals surface area (Å²) in [4.78, 5) is 0.243. The maximum atomic E-state index is 12.5. The molecule has 1 aromatic carbocycles. The number of hydrogen-bond donors (Lipinski definition) is 1. The lowest BCUT2D eigenvalue weighted by atomic mass is 9.88. The highest BCUT2D eigenvalue weighted by molar-refractivity contribution is 9.10. The molecule has 0 aliphatic carbocycles. The number of benzene rings is 1. The molecule has 1 unspecified atom stereocenters. The minimum atomic E-state index is -3.51. The largest absolute Gasteiger partial charge is 0.398 e. The predicted molar refractivity (Wildman–Crippen MR) is 82.4 cm³/mol. The number of sulfonamides is 1. The fraction of sp³-hybridized carbons (Fsp3) is 0.538. The second-order valence-corrected chi connectivity index (χ2v) is 8.60. The number of nitrogens with zero attached hydrogens (tertiary/aromatic N) is 1. The third kappa shape index (κ3) is 3.49. The Morgan fingerprint density at radius 3 is 2.26 bits per heavy atom. The molecule has 0 aliphatic heterocycles. The third-order valence-electron chi connectivity index (χ3n) is 3.45. The summed E-state index contributed by atoms with van der Waals surface area (Å²) in [5.41, 5.74) is 6.07. The Balaban J connectivity index is 3.20. The van der Waals surface area contributed by atoms with E-state index < -0.39 is 10.0 Å². The van der Waals surface area contributed by atoms with Gasteiger partial charge in [-0.2, -0.15) is 4.31 Å². The predicted octanol–water partition coefficient (Wildman–Crippen LogP) is 3.09. The number of nitrogens with two attached hydrogens (primary N) is 1. The molecule has 0 bridgehead atoms. The number of anilines is 1. The number of halogens is 1. The van der Waals surface area contributed by atoms with Gasteiger partial charge in [0.1, 0.15) is 0 Å². The van der Waals surface area contributed by atoms with Gasteiger partial charge < -0.3 is 5.73 Å². The summed E-state index contributed by atoms with van der Waals surface area (Å²) < 4.78 is 27.1. The fourth-order valence-corrected chi connectivity index (χ4v) is 3.69. The van der Waals surface area contributed by atoms with Crippen LogP contribution in [0.15, 0.2) is 27.6 Å². The first-order valence-electron chi connectivity index (χ1n) is 6.01. The van der Waals surface area contributed by atoms with Crippen molar-refractivity contribution in [3.63, 3.8) is 0 Å². The first-order valence-corrected chi connectivity index (χ1v) is 8.24. The Bertz CT molecular complexity index is 564. The Hall–Kier alpha value is -0.590. The molecule has 1 aromatic rings. The summed E-state index contributed by atoms with van der Waals surface area (Å²) >= 11 is 3.26. The van der Waals surface area contributed by atoms with Gasteiger partial charge in [0.15, 0.2) is 0 Å². The first kappa shape index (κ1) is 16.5. The van der Waals surface area contributed by atoms with Crippen molar-refractivity contribution in [1.29, 1.82) is 0 Å². The topological polar surface area (TPSA) is 63.4 Å². The molecule has 0 amide bonds. The Morgan fingerprint density at radius 2 is 1.84 bits per heavy atom. The van der Waals surface area contributed by atoms with Crippen molar-refractivity contribution in [3.05, 3.63) is 22.7 Å². The minimum Gasteiger partial charge on any atom is -0.398 e. The lowest BCUT2D eigenvalue weighted by Crippen LogP contribution is -2.42. The van der Waals surface area contributed by atoms with E-state index in [1.807, 2.05) is 27.7 Å². The smallest absolute Gasteiger partial charge is 0.243 e. The normalized spacial score (nSPS) is 14.7. The van der Waals surface area contributed by atoms with E-state index in [0.29, 0.717) is 10.2 Å². The molecule has 0 fully saturated rings. The molecule has 6 heteroatoms. The maximum Gasteiger partial charge on any atom is 0.243 e. The number of rotatable bonds is 3. The van der Waals surface area contributed by atoms with E-state index in [1.165, 1.54) is 16.4 Å². The lowest BCUT2D eigenvalue weighted by molar-refractivity contribution is 0.216. The molecule has 0 aliphatic rings. The molecule has 108 valence electrons. The molecule has 0 spiro atoms. The molecule has 1 atom stereocenters. The van der Waals surface area contributed by atoms with Gasteiger partial charge in [-0.05, 0) is 46.5 Å². The van der Waals surface area contributed by atoms with Crippen LogP contribution in [0.1, 0.15) is 27.7 Å². The zero-order valence-corrected chi connectivity index (χ0v) is 14.3. The molecule has 0 heterocycles. The molecule has 0 saturated heterocycles. The summed E-state index contributed by atoms with van der Waals surface area (Å²) in [7, 11) is -1.91. The van der Waals surface area contributed by atoms with Crippen LogP contribution in [0.3, 0.4) is 0 Å². The van der Waals surface area contributed by atoms with Gasteiger partial charge in [0.05, 0.1) is 4.90 Å². The number of nitrogen functional groups attached to an aromatic ring is 1.